The third-order valence-corrected chi connectivity index (χ3v) is 6.81. The molecule has 6 nitrogen and oxygen atoms in total. The van der Waals surface area contributed by atoms with Gasteiger partial charge in [-0.25, -0.2) is 0 Å². The SMILES string of the molecule is O=C(C1CCC1)N1CC(=O)N2[C@@H](CO)[C@@H](c3ccc(-c4cccnc4)cc3)[C@@H]2C1. The Morgan fingerprint density at radius 2 is 1.93 bits per heavy atom. The van der Waals surface area contributed by atoms with Gasteiger partial charge >= 0.3 is 0 Å². The van der Waals surface area contributed by atoms with Gasteiger partial charge in [-0.2, -0.15) is 0 Å². The number of pyridine rings is 1. The van der Waals surface area contributed by atoms with Crippen molar-refractivity contribution in [3.8, 4) is 11.1 Å². The van der Waals surface area contributed by atoms with E-state index in [-0.39, 0.29) is 48.9 Å². The first kappa shape index (κ1) is 18.3. The van der Waals surface area contributed by atoms with Crippen molar-refractivity contribution < 1.29 is 14.7 Å². The predicted molar refractivity (Wildman–Crippen MR) is 108 cm³/mol. The topological polar surface area (TPSA) is 73.7 Å². The minimum absolute atomic E-state index is 0.0452. The van der Waals surface area contributed by atoms with Crippen LogP contribution in [0.5, 0.6) is 0 Å². The van der Waals surface area contributed by atoms with E-state index in [4.69, 9.17) is 0 Å². The van der Waals surface area contributed by atoms with E-state index in [1.165, 1.54) is 0 Å². The molecule has 6 heteroatoms. The summed E-state index contributed by atoms with van der Waals surface area (Å²) in [6.07, 6.45) is 6.57. The normalized spacial score (nSPS) is 26.5. The zero-order chi connectivity index (χ0) is 20.0. The minimum atomic E-state index is -0.210. The molecular formula is C23H25N3O3. The van der Waals surface area contributed by atoms with Crippen molar-refractivity contribution in [1.82, 2.24) is 14.8 Å². The molecule has 3 aliphatic rings. The average Bonchev–Trinajstić information content (AvgIpc) is 2.69. The molecule has 0 radical (unpaired) electrons. The van der Waals surface area contributed by atoms with Gasteiger partial charge in [0.2, 0.25) is 11.8 Å². The Labute approximate surface area is 170 Å². The average molecular weight is 391 g/mol. The van der Waals surface area contributed by atoms with Gasteiger partial charge in [0, 0.05) is 30.8 Å². The van der Waals surface area contributed by atoms with Gasteiger partial charge in [0.1, 0.15) is 0 Å². The lowest BCUT2D eigenvalue weighted by atomic mass is 9.73. The van der Waals surface area contributed by atoms with Crippen molar-refractivity contribution in [3.63, 3.8) is 0 Å². The zero-order valence-electron chi connectivity index (χ0n) is 16.3. The molecule has 2 saturated heterocycles. The van der Waals surface area contributed by atoms with Crippen LogP contribution >= 0.6 is 0 Å². The summed E-state index contributed by atoms with van der Waals surface area (Å²) in [4.78, 5) is 33.1. The summed E-state index contributed by atoms with van der Waals surface area (Å²) in [5.41, 5.74) is 3.24. The van der Waals surface area contributed by atoms with Gasteiger partial charge in [-0.15, -0.1) is 0 Å². The fraction of sp³-hybridized carbons (Fsp3) is 0.435. The predicted octanol–water partition coefficient (Wildman–Crippen LogP) is 2.05. The van der Waals surface area contributed by atoms with Crippen molar-refractivity contribution in [3.05, 3.63) is 54.4 Å². The molecular weight excluding hydrogens is 366 g/mol. The lowest BCUT2D eigenvalue weighted by Gasteiger charge is -2.59. The van der Waals surface area contributed by atoms with E-state index in [1.807, 2.05) is 18.3 Å². The van der Waals surface area contributed by atoms with E-state index in [2.05, 4.69) is 29.2 Å². The summed E-state index contributed by atoms with van der Waals surface area (Å²) in [5.74, 6) is 0.225. The molecule has 5 rings (SSSR count). The number of nitrogens with zero attached hydrogens (tertiary/aromatic N) is 3. The summed E-state index contributed by atoms with van der Waals surface area (Å²) >= 11 is 0. The Hall–Kier alpha value is -2.73. The number of carbonyl (C=O) groups is 2. The molecule has 1 saturated carbocycles. The Balaban J connectivity index is 1.37. The molecule has 29 heavy (non-hydrogen) atoms. The van der Waals surface area contributed by atoms with E-state index < -0.39 is 0 Å². The smallest absolute Gasteiger partial charge is 0.242 e. The van der Waals surface area contributed by atoms with Crippen LogP contribution in [0, 0.1) is 5.92 Å². The lowest BCUT2D eigenvalue weighted by molar-refractivity contribution is -0.169. The number of piperazine rings is 1. The molecule has 3 fully saturated rings. The second-order valence-electron chi connectivity index (χ2n) is 8.35. The van der Waals surface area contributed by atoms with E-state index in [0.29, 0.717) is 6.54 Å². The first-order valence-corrected chi connectivity index (χ1v) is 10.4. The first-order chi connectivity index (χ1) is 14.2. The number of hydrogen-bond acceptors (Lipinski definition) is 4. The summed E-state index contributed by atoms with van der Waals surface area (Å²) in [6, 6.07) is 11.9. The fourth-order valence-electron chi connectivity index (χ4n) is 5.01. The summed E-state index contributed by atoms with van der Waals surface area (Å²) in [5, 5.41) is 9.93. The van der Waals surface area contributed by atoms with Crippen LogP contribution in [-0.2, 0) is 9.59 Å². The van der Waals surface area contributed by atoms with Crippen LogP contribution < -0.4 is 0 Å². The number of aromatic nitrogens is 1. The van der Waals surface area contributed by atoms with Crippen LogP contribution in [0.25, 0.3) is 11.1 Å². The molecule has 3 heterocycles. The molecule has 2 aliphatic heterocycles. The Kier molecular flexibility index (Phi) is 4.59. The minimum Gasteiger partial charge on any atom is -0.394 e. The van der Waals surface area contributed by atoms with Crippen LogP contribution in [0.1, 0.15) is 30.7 Å². The molecule has 0 bridgehead atoms. The van der Waals surface area contributed by atoms with Crippen molar-refractivity contribution in [1.29, 1.82) is 0 Å². The van der Waals surface area contributed by atoms with Crippen LogP contribution in [0.4, 0.5) is 0 Å². The van der Waals surface area contributed by atoms with Crippen LogP contribution in [0.3, 0.4) is 0 Å². The third-order valence-electron chi connectivity index (χ3n) is 6.81. The monoisotopic (exact) mass is 391 g/mol. The number of benzene rings is 1. The number of rotatable bonds is 4. The quantitative estimate of drug-likeness (QED) is 0.866. The maximum Gasteiger partial charge on any atom is 0.242 e. The van der Waals surface area contributed by atoms with Crippen molar-refractivity contribution in [2.45, 2.75) is 37.3 Å². The highest BCUT2D eigenvalue weighted by atomic mass is 16.3. The van der Waals surface area contributed by atoms with Gasteiger partial charge in [-0.3, -0.25) is 14.6 Å². The standard InChI is InChI=1S/C23H25N3O3/c27-14-20-22(16-8-6-15(7-9-16)18-5-2-10-24-11-18)19-12-25(13-21(28)26(19)20)23(29)17-3-1-4-17/h2,5-11,17,19-20,22,27H,1,3-4,12-14H2/t19-,20-,22-/m0/s1. The van der Waals surface area contributed by atoms with Crippen molar-refractivity contribution in [2.75, 3.05) is 19.7 Å². The van der Waals surface area contributed by atoms with E-state index in [9.17, 15) is 14.7 Å². The molecule has 0 unspecified atom stereocenters. The van der Waals surface area contributed by atoms with Gasteiger partial charge < -0.3 is 14.9 Å². The largest absolute Gasteiger partial charge is 0.394 e. The second kappa shape index (κ2) is 7.26. The molecule has 1 aromatic heterocycles. The molecule has 0 spiro atoms. The fourth-order valence-corrected chi connectivity index (χ4v) is 5.01. The third kappa shape index (κ3) is 3.02. The molecule has 1 aromatic carbocycles. The summed E-state index contributed by atoms with van der Waals surface area (Å²) < 4.78 is 0. The Morgan fingerprint density at radius 1 is 1.14 bits per heavy atom. The molecule has 2 amide bonds. The first-order valence-electron chi connectivity index (χ1n) is 10.4. The molecule has 3 atom stereocenters. The summed E-state index contributed by atoms with van der Waals surface area (Å²) in [6.45, 7) is 0.648. The van der Waals surface area contributed by atoms with E-state index >= 15 is 0 Å². The van der Waals surface area contributed by atoms with E-state index in [0.717, 1.165) is 36.0 Å². The molecule has 2 aromatic rings. The maximum absolute atomic E-state index is 12.7. The number of aliphatic hydroxyl groups is 1. The molecule has 150 valence electrons. The van der Waals surface area contributed by atoms with Gasteiger partial charge in [-0.1, -0.05) is 36.8 Å². The number of hydrogen-bond donors (Lipinski definition) is 1. The highest BCUT2D eigenvalue weighted by molar-refractivity contribution is 5.89. The van der Waals surface area contributed by atoms with Crippen LogP contribution in [0.2, 0.25) is 0 Å². The van der Waals surface area contributed by atoms with Gasteiger partial charge in [0.05, 0.1) is 25.2 Å². The highest BCUT2D eigenvalue weighted by Crippen LogP contribution is 2.43. The maximum atomic E-state index is 12.7. The Bertz CT molecular complexity index is 911. The van der Waals surface area contributed by atoms with Crippen molar-refractivity contribution in [2.24, 2.45) is 5.92 Å². The van der Waals surface area contributed by atoms with Crippen LogP contribution in [0.15, 0.2) is 48.8 Å². The Morgan fingerprint density at radius 3 is 2.55 bits per heavy atom. The van der Waals surface area contributed by atoms with Crippen molar-refractivity contribution >= 4 is 11.8 Å². The highest BCUT2D eigenvalue weighted by Gasteiger charge is 2.54. The number of fused-ring (bicyclic) bond motifs is 1. The number of carbonyl (C=O) groups excluding carboxylic acids is 2. The number of amides is 2. The summed E-state index contributed by atoms with van der Waals surface area (Å²) in [7, 11) is 0. The number of aliphatic hydroxyl groups excluding tert-OH is 1. The van der Waals surface area contributed by atoms with Gasteiger partial charge in [0.25, 0.3) is 0 Å². The second-order valence-corrected chi connectivity index (χ2v) is 8.35. The molecule has 1 aliphatic carbocycles. The van der Waals surface area contributed by atoms with Crippen LogP contribution in [-0.4, -0.2) is 63.5 Å². The zero-order valence-corrected chi connectivity index (χ0v) is 16.3. The lowest BCUT2D eigenvalue weighted by Crippen LogP contribution is -2.73. The van der Waals surface area contributed by atoms with Gasteiger partial charge in [-0.05, 0) is 35.6 Å². The van der Waals surface area contributed by atoms with E-state index in [1.54, 1.807) is 16.0 Å². The van der Waals surface area contributed by atoms with Gasteiger partial charge in [0.15, 0.2) is 0 Å². The molecule has 1 N–H and O–H groups in total.